The Morgan fingerprint density at radius 2 is 1.73 bits per heavy atom. The Labute approximate surface area is 84.6 Å². The molecule has 0 saturated carbocycles. The summed E-state index contributed by atoms with van der Waals surface area (Å²) in [5.41, 5.74) is -7.41. The third-order valence-corrected chi connectivity index (χ3v) is 1.82. The highest BCUT2D eigenvalue weighted by molar-refractivity contribution is 8.00. The maximum Gasteiger partial charge on any atom is 0.525 e. The molecule has 1 unspecified atom stereocenters. The van der Waals surface area contributed by atoms with Gasteiger partial charge in [0.05, 0.1) is 0 Å². The molecule has 0 bridgehead atoms. The van der Waals surface area contributed by atoms with Crippen LogP contribution >= 0.6 is 11.8 Å². The Morgan fingerprint density at radius 1 is 1.27 bits per heavy atom. The summed E-state index contributed by atoms with van der Waals surface area (Å²) in [6.45, 7) is 0. The summed E-state index contributed by atoms with van der Waals surface area (Å²) < 4.78 is 73.3. The smallest absolute Gasteiger partial charge is 0.277 e. The first-order valence-electron chi connectivity index (χ1n) is 3.17. The fourth-order valence-corrected chi connectivity index (χ4v) is 1.05. The van der Waals surface area contributed by atoms with Gasteiger partial charge >= 0.3 is 11.9 Å². The quantitative estimate of drug-likeness (QED) is 0.335. The fraction of sp³-hybridized carbons (Fsp3) is 0.800. The number of nitrogens with zero attached hydrogens (tertiary/aromatic N) is 2. The highest BCUT2D eigenvalue weighted by Crippen LogP contribution is 2.37. The highest BCUT2D eigenvalue weighted by Gasteiger charge is 2.42. The average molecular weight is 254 g/mol. The van der Waals surface area contributed by atoms with E-state index >= 15 is 0 Å². The Kier molecular flexibility index (Phi) is 4.54. The lowest BCUT2D eigenvalue weighted by atomic mass is 10.9. The van der Waals surface area contributed by atoms with E-state index in [0.29, 0.717) is 0 Å². The molecule has 0 spiro atoms. The highest BCUT2D eigenvalue weighted by atomic mass is 32.2. The second-order valence-electron chi connectivity index (χ2n) is 2.15. The molecule has 88 valence electrons. The molecule has 10 heteroatoms. The molecule has 0 aliphatic carbocycles. The zero-order valence-electron chi connectivity index (χ0n) is 7.06. The summed E-state index contributed by atoms with van der Waals surface area (Å²) in [6, 6.07) is 0. The van der Waals surface area contributed by atoms with Crippen LogP contribution in [0.25, 0.3) is 0 Å². The molecular weight excluding hydrogens is 250 g/mol. The largest absolute Gasteiger partial charge is 0.525 e. The van der Waals surface area contributed by atoms with Crippen LogP contribution < -0.4 is 0 Å². The van der Waals surface area contributed by atoms with Crippen molar-refractivity contribution in [2.45, 2.75) is 17.4 Å². The summed E-state index contributed by atoms with van der Waals surface area (Å²) in [6.07, 6.45) is -4.14. The minimum Gasteiger partial charge on any atom is -0.277 e. The predicted octanol–water partition coefficient (Wildman–Crippen LogP) is 2.47. The average Bonchev–Trinajstić information content (AvgIpc) is 1.96. The maximum absolute atomic E-state index is 11.8. The van der Waals surface area contributed by atoms with Gasteiger partial charge in [0.2, 0.25) is 5.56 Å². The lowest BCUT2D eigenvalue weighted by Crippen LogP contribution is -2.35. The third-order valence-electron chi connectivity index (χ3n) is 0.943. The molecule has 0 radical (unpaired) electrons. The second kappa shape index (κ2) is 4.80. The van der Waals surface area contributed by atoms with Gasteiger partial charge in [-0.15, -0.1) is 13.2 Å². The van der Waals surface area contributed by atoms with Crippen molar-refractivity contribution in [1.29, 1.82) is 5.26 Å². The van der Waals surface area contributed by atoms with E-state index < -0.39 is 29.2 Å². The van der Waals surface area contributed by atoms with Gasteiger partial charge in [-0.2, -0.15) is 18.4 Å². The van der Waals surface area contributed by atoms with E-state index in [2.05, 4.69) is 4.74 Å². The topological polar surface area (TPSA) is 36.3 Å². The number of thioether (sulfide) groups is 1. The summed E-state index contributed by atoms with van der Waals surface area (Å²) >= 11 is -1.08. The monoisotopic (exact) mass is 254 g/mol. The van der Waals surface area contributed by atoms with Crippen molar-refractivity contribution < 1.29 is 31.1 Å². The van der Waals surface area contributed by atoms with Gasteiger partial charge in [0.1, 0.15) is 0 Å². The van der Waals surface area contributed by atoms with Crippen LogP contribution in [0.3, 0.4) is 0 Å². The van der Waals surface area contributed by atoms with Crippen molar-refractivity contribution >= 4 is 11.8 Å². The molecule has 1 atom stereocenters. The van der Waals surface area contributed by atoms with Crippen molar-refractivity contribution in [3.05, 3.63) is 0 Å². The Bertz CT molecular complexity index is 229. The first-order chi connectivity index (χ1) is 6.55. The van der Waals surface area contributed by atoms with Gasteiger partial charge in [-0.05, 0) is 0 Å². The van der Waals surface area contributed by atoms with E-state index in [1.54, 1.807) is 0 Å². The number of rotatable bonds is 3. The zero-order valence-corrected chi connectivity index (χ0v) is 7.87. The molecule has 0 aromatic heterocycles. The molecule has 0 aliphatic heterocycles. The van der Waals surface area contributed by atoms with Crippen LogP contribution in [0, 0.1) is 11.5 Å². The maximum atomic E-state index is 11.8. The molecule has 15 heavy (non-hydrogen) atoms. The second-order valence-corrected chi connectivity index (χ2v) is 3.25. The van der Waals surface area contributed by atoms with E-state index in [-0.39, 0.29) is 4.90 Å². The lowest BCUT2D eigenvalue weighted by Gasteiger charge is -2.24. The van der Waals surface area contributed by atoms with Crippen molar-refractivity contribution in [1.82, 2.24) is 4.90 Å². The van der Waals surface area contributed by atoms with Gasteiger partial charge in [0.25, 0.3) is 0 Å². The van der Waals surface area contributed by atoms with E-state index in [1.165, 1.54) is 0 Å². The standard InChI is InChI=1S/C5H4F6N2OS/c1-13(2-12)3(14-4(6,7)8)15-5(9,10)11/h3H,1H3. The molecule has 0 amide bonds. The van der Waals surface area contributed by atoms with Crippen LogP contribution in [-0.4, -0.2) is 29.4 Å². The van der Waals surface area contributed by atoms with E-state index in [4.69, 9.17) is 5.26 Å². The third kappa shape index (κ3) is 7.15. The van der Waals surface area contributed by atoms with Crippen molar-refractivity contribution in [3.8, 4) is 6.19 Å². The predicted molar refractivity (Wildman–Crippen MR) is 38.0 cm³/mol. The van der Waals surface area contributed by atoms with Crippen LogP contribution in [0.2, 0.25) is 0 Å². The van der Waals surface area contributed by atoms with Crippen molar-refractivity contribution in [2.24, 2.45) is 0 Å². The lowest BCUT2D eigenvalue weighted by molar-refractivity contribution is -0.341. The number of nitriles is 1. The minimum absolute atomic E-state index is 0.103. The van der Waals surface area contributed by atoms with Crippen molar-refractivity contribution in [2.75, 3.05) is 7.05 Å². The molecule has 3 nitrogen and oxygen atoms in total. The van der Waals surface area contributed by atoms with Crippen LogP contribution in [0.4, 0.5) is 26.3 Å². The summed E-state index contributed by atoms with van der Waals surface area (Å²) in [4.78, 5) is 0.103. The molecule has 0 saturated heterocycles. The SMILES string of the molecule is CN(C#N)C(OC(F)(F)F)SC(F)(F)F. The van der Waals surface area contributed by atoms with Gasteiger partial charge in [-0.3, -0.25) is 9.64 Å². The number of hydrogen-bond donors (Lipinski definition) is 0. The minimum atomic E-state index is -5.24. The Hall–Kier alpha value is -0.820. The summed E-state index contributed by atoms with van der Waals surface area (Å²) in [7, 11) is 0.745. The molecule has 0 fully saturated rings. The molecule has 0 aromatic carbocycles. The number of hydrogen-bond acceptors (Lipinski definition) is 4. The van der Waals surface area contributed by atoms with Gasteiger partial charge < -0.3 is 0 Å². The first kappa shape index (κ1) is 14.2. The van der Waals surface area contributed by atoms with Gasteiger partial charge in [0.15, 0.2) is 6.19 Å². The van der Waals surface area contributed by atoms with Crippen LogP contribution in [0.15, 0.2) is 0 Å². The zero-order chi connectivity index (χ0) is 12.3. The molecule has 0 rings (SSSR count). The molecule has 0 N–H and O–H groups in total. The molecular formula is C5H4F6N2OS. The number of ether oxygens (including phenoxy) is 1. The van der Waals surface area contributed by atoms with Crippen molar-refractivity contribution in [3.63, 3.8) is 0 Å². The van der Waals surface area contributed by atoms with Gasteiger partial charge in [0, 0.05) is 18.8 Å². The Balaban J connectivity index is 4.55. The number of halogens is 6. The van der Waals surface area contributed by atoms with E-state index in [0.717, 1.165) is 13.2 Å². The van der Waals surface area contributed by atoms with Gasteiger partial charge in [-0.1, -0.05) is 0 Å². The summed E-state index contributed by atoms with van der Waals surface area (Å²) in [5, 5.41) is 8.15. The van der Waals surface area contributed by atoms with Crippen LogP contribution in [-0.2, 0) is 4.74 Å². The molecule has 0 aromatic rings. The van der Waals surface area contributed by atoms with Gasteiger partial charge in [-0.25, -0.2) is 0 Å². The van der Waals surface area contributed by atoms with Crippen LogP contribution in [0.5, 0.6) is 0 Å². The van der Waals surface area contributed by atoms with E-state index in [1.807, 2.05) is 0 Å². The normalized spacial score (nSPS) is 14.5. The first-order valence-corrected chi connectivity index (χ1v) is 4.05. The molecule has 0 heterocycles. The summed E-state index contributed by atoms with van der Waals surface area (Å²) in [5.74, 6) is 0. The van der Waals surface area contributed by atoms with E-state index in [9.17, 15) is 26.3 Å². The van der Waals surface area contributed by atoms with Crippen LogP contribution in [0.1, 0.15) is 0 Å². The fourth-order valence-electron chi connectivity index (χ4n) is 0.458. The number of alkyl halides is 6. The molecule has 0 aliphatic rings. The Morgan fingerprint density at radius 3 is 2.00 bits per heavy atom.